The van der Waals surface area contributed by atoms with Crippen molar-refractivity contribution in [1.29, 1.82) is 0 Å². The van der Waals surface area contributed by atoms with Gasteiger partial charge in [-0.2, -0.15) is 13.2 Å². The normalized spacial score (nSPS) is 15.1. The molecule has 0 saturated heterocycles. The number of ether oxygens (including phenoxy) is 3. The van der Waals surface area contributed by atoms with E-state index in [4.69, 9.17) is 14.2 Å². The van der Waals surface area contributed by atoms with E-state index in [1.54, 1.807) is 38.6 Å². The lowest BCUT2D eigenvalue weighted by molar-refractivity contribution is -0.158. The summed E-state index contributed by atoms with van der Waals surface area (Å²) in [6, 6.07) is 10.8. The molecule has 2 aromatic carbocycles. The smallest absolute Gasteiger partial charge is 0.416 e. The van der Waals surface area contributed by atoms with Gasteiger partial charge < -0.3 is 14.2 Å². The Kier molecular flexibility index (Phi) is 9.63. The van der Waals surface area contributed by atoms with E-state index in [1.807, 2.05) is 19.1 Å². The molecule has 0 radical (unpaired) electrons. The third-order valence-corrected chi connectivity index (χ3v) is 7.58. The summed E-state index contributed by atoms with van der Waals surface area (Å²) in [6.45, 7) is 11.4. The highest BCUT2D eigenvalue weighted by molar-refractivity contribution is 8.11. The molecular formula is C30H35F3O4S. The summed E-state index contributed by atoms with van der Waals surface area (Å²) in [6.07, 6.45) is -0.122. The number of carbonyl (C=O) groups is 1. The lowest BCUT2D eigenvalue weighted by atomic mass is 10.1. The number of hydrogen-bond acceptors (Lipinski definition) is 5. The quantitative estimate of drug-likeness (QED) is 0.278. The molecule has 0 fully saturated rings. The van der Waals surface area contributed by atoms with Crippen molar-refractivity contribution in [2.45, 2.75) is 78.7 Å². The highest BCUT2D eigenvalue weighted by Crippen LogP contribution is 2.44. The molecule has 1 aliphatic heterocycles. The zero-order valence-corrected chi connectivity index (χ0v) is 23.5. The van der Waals surface area contributed by atoms with Crippen molar-refractivity contribution in [3.8, 4) is 11.5 Å². The molecule has 206 valence electrons. The van der Waals surface area contributed by atoms with E-state index >= 15 is 0 Å². The molecular weight excluding hydrogens is 513 g/mol. The minimum Gasteiger partial charge on any atom is -0.485 e. The van der Waals surface area contributed by atoms with Crippen LogP contribution in [0.4, 0.5) is 13.2 Å². The van der Waals surface area contributed by atoms with Gasteiger partial charge in [-0.25, -0.2) is 4.79 Å². The number of rotatable bonds is 10. The highest BCUT2D eigenvalue weighted by Gasteiger charge is 2.33. The molecule has 4 nitrogen and oxygen atoms in total. The Morgan fingerprint density at radius 1 is 1.05 bits per heavy atom. The number of aryl methyl sites for hydroxylation is 1. The van der Waals surface area contributed by atoms with Gasteiger partial charge in [0.2, 0.25) is 0 Å². The van der Waals surface area contributed by atoms with E-state index in [0.717, 1.165) is 45.9 Å². The SMILES string of the molecule is CCCC(Oc1ccc(OC(C)(C)C(=O)OCC)c(C)c1)C1=C(C)CC=C(c2ccc(C(F)(F)F)cc2)S1. The molecule has 0 spiro atoms. The van der Waals surface area contributed by atoms with Crippen LogP contribution >= 0.6 is 11.8 Å². The summed E-state index contributed by atoms with van der Waals surface area (Å²) in [5.74, 6) is 0.808. The lowest BCUT2D eigenvalue weighted by Gasteiger charge is -2.28. The van der Waals surface area contributed by atoms with Gasteiger partial charge >= 0.3 is 12.1 Å². The average molecular weight is 549 g/mol. The van der Waals surface area contributed by atoms with Crippen molar-refractivity contribution in [2.24, 2.45) is 0 Å². The maximum absolute atomic E-state index is 13.0. The van der Waals surface area contributed by atoms with Gasteiger partial charge in [0, 0.05) is 9.81 Å². The predicted octanol–water partition coefficient (Wildman–Crippen LogP) is 8.73. The number of alkyl halides is 3. The van der Waals surface area contributed by atoms with Gasteiger partial charge in [-0.15, -0.1) is 0 Å². The lowest BCUT2D eigenvalue weighted by Crippen LogP contribution is -2.39. The molecule has 0 amide bonds. The van der Waals surface area contributed by atoms with Gasteiger partial charge in [0.05, 0.1) is 12.2 Å². The van der Waals surface area contributed by atoms with Crippen molar-refractivity contribution in [2.75, 3.05) is 6.61 Å². The first-order chi connectivity index (χ1) is 17.9. The zero-order chi connectivity index (χ0) is 28.1. The molecule has 2 aromatic rings. The summed E-state index contributed by atoms with van der Waals surface area (Å²) < 4.78 is 56.5. The third-order valence-electron chi connectivity index (χ3n) is 6.13. The number of halogens is 3. The van der Waals surface area contributed by atoms with Gasteiger partial charge in [0.1, 0.15) is 17.6 Å². The molecule has 1 unspecified atom stereocenters. The Hall–Kier alpha value is -2.87. The van der Waals surface area contributed by atoms with Crippen LogP contribution in [0.1, 0.15) is 70.6 Å². The summed E-state index contributed by atoms with van der Waals surface area (Å²) in [5.41, 5.74) is 0.967. The van der Waals surface area contributed by atoms with E-state index in [2.05, 4.69) is 19.9 Å². The Bertz CT molecular complexity index is 1200. The fourth-order valence-corrected chi connectivity index (χ4v) is 5.25. The first kappa shape index (κ1) is 29.7. The summed E-state index contributed by atoms with van der Waals surface area (Å²) in [7, 11) is 0. The second kappa shape index (κ2) is 12.3. The number of carbonyl (C=O) groups excluding carboxylic acids is 1. The molecule has 0 aromatic heterocycles. The van der Waals surface area contributed by atoms with Crippen LogP contribution in [-0.2, 0) is 15.7 Å². The van der Waals surface area contributed by atoms with Crippen molar-refractivity contribution in [3.63, 3.8) is 0 Å². The fourth-order valence-electron chi connectivity index (χ4n) is 4.04. The van der Waals surface area contributed by atoms with Crippen LogP contribution in [0.25, 0.3) is 4.91 Å². The Balaban J connectivity index is 1.77. The second-order valence-corrected chi connectivity index (χ2v) is 10.8. The number of esters is 1. The van der Waals surface area contributed by atoms with Crippen LogP contribution < -0.4 is 9.47 Å². The van der Waals surface area contributed by atoms with Crippen molar-refractivity contribution in [3.05, 3.63) is 75.7 Å². The van der Waals surface area contributed by atoms with E-state index < -0.39 is 23.3 Å². The van der Waals surface area contributed by atoms with E-state index in [0.29, 0.717) is 17.9 Å². The maximum Gasteiger partial charge on any atom is 0.416 e. The molecule has 8 heteroatoms. The van der Waals surface area contributed by atoms with Crippen LogP contribution in [-0.4, -0.2) is 24.3 Å². The summed E-state index contributed by atoms with van der Waals surface area (Å²) in [4.78, 5) is 14.2. The summed E-state index contributed by atoms with van der Waals surface area (Å²) in [5, 5.41) is 0. The first-order valence-corrected chi connectivity index (χ1v) is 13.6. The zero-order valence-electron chi connectivity index (χ0n) is 22.7. The van der Waals surface area contributed by atoms with Gasteiger partial charge in [-0.05, 0) is 88.9 Å². The minimum absolute atomic E-state index is 0.203. The first-order valence-electron chi connectivity index (χ1n) is 12.7. The van der Waals surface area contributed by atoms with Crippen molar-refractivity contribution >= 4 is 22.6 Å². The molecule has 1 heterocycles. The Morgan fingerprint density at radius 3 is 2.32 bits per heavy atom. The van der Waals surface area contributed by atoms with Crippen LogP contribution in [0, 0.1) is 6.92 Å². The fraction of sp³-hybridized carbons (Fsp3) is 0.433. The van der Waals surface area contributed by atoms with E-state index in [9.17, 15) is 18.0 Å². The van der Waals surface area contributed by atoms with Gasteiger partial charge in [-0.1, -0.05) is 48.9 Å². The van der Waals surface area contributed by atoms with E-state index in [1.165, 1.54) is 17.7 Å². The van der Waals surface area contributed by atoms with Gasteiger partial charge in [0.15, 0.2) is 5.60 Å². The maximum atomic E-state index is 13.0. The van der Waals surface area contributed by atoms with Crippen LogP contribution in [0.15, 0.2) is 59.0 Å². The molecule has 1 atom stereocenters. The Labute approximate surface area is 227 Å². The van der Waals surface area contributed by atoms with Gasteiger partial charge in [-0.3, -0.25) is 0 Å². The number of benzene rings is 2. The molecule has 3 rings (SSSR count). The Morgan fingerprint density at radius 2 is 1.74 bits per heavy atom. The predicted molar refractivity (Wildman–Crippen MR) is 146 cm³/mol. The molecule has 0 N–H and O–H groups in total. The van der Waals surface area contributed by atoms with Crippen molar-refractivity contribution in [1.82, 2.24) is 0 Å². The van der Waals surface area contributed by atoms with Crippen LogP contribution in [0.2, 0.25) is 0 Å². The average Bonchev–Trinajstić information content (AvgIpc) is 2.85. The third kappa shape index (κ3) is 7.37. The number of thioether (sulfide) groups is 1. The minimum atomic E-state index is -4.36. The summed E-state index contributed by atoms with van der Waals surface area (Å²) >= 11 is 1.55. The molecule has 38 heavy (non-hydrogen) atoms. The monoisotopic (exact) mass is 548 g/mol. The molecule has 0 bridgehead atoms. The van der Waals surface area contributed by atoms with E-state index in [-0.39, 0.29) is 12.7 Å². The van der Waals surface area contributed by atoms with Crippen molar-refractivity contribution < 1.29 is 32.2 Å². The highest BCUT2D eigenvalue weighted by atomic mass is 32.2. The molecule has 1 aliphatic rings. The topological polar surface area (TPSA) is 44.8 Å². The largest absolute Gasteiger partial charge is 0.485 e. The number of allylic oxidation sites excluding steroid dienone is 2. The second-order valence-electron chi connectivity index (χ2n) is 9.75. The molecule has 0 aliphatic carbocycles. The standard InChI is InChI=1S/C30H35F3O4S/c1-7-9-25(36-23-15-16-24(20(4)18-23)37-29(5,6)28(34)35-8-2)27-19(3)10-17-26(38-27)21-11-13-22(14-12-21)30(31,32)33/h11-18,25H,7-10H2,1-6H3. The number of hydrogen-bond donors (Lipinski definition) is 0. The van der Waals surface area contributed by atoms with Gasteiger partial charge in [0.25, 0.3) is 0 Å². The van der Waals surface area contributed by atoms with Crippen LogP contribution in [0.3, 0.4) is 0 Å². The molecule has 0 saturated carbocycles. The van der Waals surface area contributed by atoms with Crippen LogP contribution in [0.5, 0.6) is 11.5 Å².